The second-order valence-electron chi connectivity index (χ2n) is 7.78. The van der Waals surface area contributed by atoms with Crippen LogP contribution in [0.1, 0.15) is 31.2 Å². The first kappa shape index (κ1) is 18.8. The maximum absolute atomic E-state index is 13.5. The van der Waals surface area contributed by atoms with E-state index in [1.165, 1.54) is 12.1 Å². The molecule has 28 heavy (non-hydrogen) atoms. The van der Waals surface area contributed by atoms with Crippen molar-refractivity contribution < 1.29 is 13.9 Å². The molecule has 0 spiro atoms. The number of halogens is 1. The lowest BCUT2D eigenvalue weighted by Crippen LogP contribution is -2.54. The molecule has 0 aromatic heterocycles. The van der Waals surface area contributed by atoms with Gasteiger partial charge in [-0.15, -0.1) is 0 Å². The Kier molecular flexibility index (Phi) is 5.25. The van der Waals surface area contributed by atoms with Crippen LogP contribution in [0.15, 0.2) is 48.5 Å². The highest BCUT2D eigenvalue weighted by Crippen LogP contribution is 2.43. The molecule has 1 aliphatic heterocycles. The molecule has 0 bridgehead atoms. The first-order valence-electron chi connectivity index (χ1n) is 10.1. The Bertz CT molecular complexity index is 823. The number of carbonyl (C=O) groups is 1. The summed E-state index contributed by atoms with van der Waals surface area (Å²) in [6, 6.07) is 14.6. The standard InChI is InChI=1S/C23H27FN2O2/c1-28-21-6-4-5-20(17-21)25-13-15-26(16-14-25)22(27)23(11-2-3-12-23)18-7-9-19(24)10-8-18/h4-10,17H,2-3,11-16H2,1H3. The number of benzene rings is 2. The van der Waals surface area contributed by atoms with E-state index in [9.17, 15) is 9.18 Å². The van der Waals surface area contributed by atoms with Crippen molar-refractivity contribution in [2.24, 2.45) is 0 Å². The topological polar surface area (TPSA) is 32.8 Å². The van der Waals surface area contributed by atoms with Crippen LogP contribution in [0.2, 0.25) is 0 Å². The number of hydrogen-bond donors (Lipinski definition) is 0. The lowest BCUT2D eigenvalue weighted by atomic mass is 9.77. The van der Waals surface area contributed by atoms with Crippen molar-refractivity contribution in [3.05, 3.63) is 59.9 Å². The zero-order chi connectivity index (χ0) is 19.6. The van der Waals surface area contributed by atoms with Crippen LogP contribution in [0.5, 0.6) is 5.75 Å². The maximum Gasteiger partial charge on any atom is 0.233 e. The van der Waals surface area contributed by atoms with E-state index in [-0.39, 0.29) is 11.7 Å². The molecular weight excluding hydrogens is 355 g/mol. The van der Waals surface area contributed by atoms with Crippen LogP contribution in [0, 0.1) is 5.82 Å². The van der Waals surface area contributed by atoms with E-state index in [1.807, 2.05) is 23.1 Å². The molecular formula is C23H27FN2O2. The number of ether oxygens (including phenoxy) is 1. The van der Waals surface area contributed by atoms with Crippen molar-refractivity contribution in [2.75, 3.05) is 38.2 Å². The summed E-state index contributed by atoms with van der Waals surface area (Å²) in [6.45, 7) is 3.02. The van der Waals surface area contributed by atoms with Gasteiger partial charge in [-0.05, 0) is 42.7 Å². The van der Waals surface area contributed by atoms with Gasteiger partial charge < -0.3 is 14.5 Å². The molecule has 1 amide bonds. The summed E-state index contributed by atoms with van der Waals surface area (Å²) in [7, 11) is 1.67. The Hall–Kier alpha value is -2.56. The van der Waals surface area contributed by atoms with Crippen LogP contribution >= 0.6 is 0 Å². The zero-order valence-electron chi connectivity index (χ0n) is 16.4. The van der Waals surface area contributed by atoms with Crippen molar-refractivity contribution in [1.29, 1.82) is 0 Å². The fourth-order valence-corrected chi connectivity index (χ4v) is 4.65. The molecule has 1 aliphatic carbocycles. The van der Waals surface area contributed by atoms with Crippen LogP contribution in [0.3, 0.4) is 0 Å². The van der Waals surface area contributed by atoms with Crippen molar-refractivity contribution in [2.45, 2.75) is 31.1 Å². The molecule has 2 aliphatic rings. The number of anilines is 1. The minimum absolute atomic E-state index is 0.210. The molecule has 2 aromatic rings. The van der Waals surface area contributed by atoms with Gasteiger partial charge in [0.2, 0.25) is 5.91 Å². The molecule has 0 radical (unpaired) electrons. The van der Waals surface area contributed by atoms with Gasteiger partial charge in [-0.25, -0.2) is 4.39 Å². The summed E-state index contributed by atoms with van der Waals surface area (Å²) in [5.74, 6) is 0.801. The summed E-state index contributed by atoms with van der Waals surface area (Å²) in [6.07, 6.45) is 3.81. The van der Waals surface area contributed by atoms with Gasteiger partial charge in [-0.3, -0.25) is 4.79 Å². The highest BCUT2D eigenvalue weighted by Gasteiger charge is 2.45. The molecule has 4 nitrogen and oxygen atoms in total. The van der Waals surface area contributed by atoms with Gasteiger partial charge in [0, 0.05) is 37.9 Å². The molecule has 1 saturated carbocycles. The first-order valence-corrected chi connectivity index (χ1v) is 10.1. The van der Waals surface area contributed by atoms with E-state index in [0.717, 1.165) is 55.8 Å². The molecule has 4 rings (SSSR count). The average Bonchev–Trinajstić information content (AvgIpc) is 3.25. The van der Waals surface area contributed by atoms with E-state index in [1.54, 1.807) is 19.2 Å². The number of piperazine rings is 1. The van der Waals surface area contributed by atoms with Gasteiger partial charge in [0.15, 0.2) is 0 Å². The molecule has 0 unspecified atom stereocenters. The van der Waals surface area contributed by atoms with E-state index in [2.05, 4.69) is 11.0 Å². The molecule has 2 fully saturated rings. The number of carbonyl (C=O) groups excluding carboxylic acids is 1. The van der Waals surface area contributed by atoms with Crippen LogP contribution in [-0.4, -0.2) is 44.1 Å². The Morgan fingerprint density at radius 1 is 1.00 bits per heavy atom. The van der Waals surface area contributed by atoms with E-state index < -0.39 is 5.41 Å². The third-order valence-electron chi connectivity index (χ3n) is 6.25. The molecule has 0 atom stereocenters. The van der Waals surface area contributed by atoms with Crippen LogP contribution in [0.25, 0.3) is 0 Å². The van der Waals surface area contributed by atoms with Gasteiger partial charge >= 0.3 is 0 Å². The molecule has 0 N–H and O–H groups in total. The van der Waals surface area contributed by atoms with Crippen LogP contribution in [0.4, 0.5) is 10.1 Å². The largest absolute Gasteiger partial charge is 0.497 e. The summed E-state index contributed by atoms with van der Waals surface area (Å²) in [4.78, 5) is 17.8. The van der Waals surface area contributed by atoms with Gasteiger partial charge in [-0.1, -0.05) is 31.0 Å². The molecule has 5 heteroatoms. The summed E-state index contributed by atoms with van der Waals surface area (Å²) in [5, 5.41) is 0. The average molecular weight is 382 g/mol. The summed E-state index contributed by atoms with van der Waals surface area (Å²) >= 11 is 0. The lowest BCUT2D eigenvalue weighted by molar-refractivity contribution is -0.137. The van der Waals surface area contributed by atoms with Gasteiger partial charge in [0.25, 0.3) is 0 Å². The van der Waals surface area contributed by atoms with Gasteiger partial charge in [-0.2, -0.15) is 0 Å². The second kappa shape index (κ2) is 7.82. The highest BCUT2D eigenvalue weighted by atomic mass is 19.1. The Labute approximate surface area is 165 Å². The molecule has 2 aromatic carbocycles. The van der Waals surface area contributed by atoms with Crippen molar-refractivity contribution in [3.63, 3.8) is 0 Å². The van der Waals surface area contributed by atoms with E-state index >= 15 is 0 Å². The number of nitrogens with zero attached hydrogens (tertiary/aromatic N) is 2. The first-order chi connectivity index (χ1) is 13.6. The number of hydrogen-bond acceptors (Lipinski definition) is 3. The Balaban J connectivity index is 1.48. The second-order valence-corrected chi connectivity index (χ2v) is 7.78. The predicted octanol–water partition coefficient (Wildman–Crippen LogP) is 3.99. The third kappa shape index (κ3) is 3.46. The number of rotatable bonds is 4. The maximum atomic E-state index is 13.5. The predicted molar refractivity (Wildman–Crippen MR) is 108 cm³/mol. The normalized spacial score (nSPS) is 18.9. The van der Waals surface area contributed by atoms with Gasteiger partial charge in [0.05, 0.1) is 12.5 Å². The lowest BCUT2D eigenvalue weighted by Gasteiger charge is -2.41. The van der Waals surface area contributed by atoms with E-state index in [0.29, 0.717) is 13.1 Å². The monoisotopic (exact) mass is 382 g/mol. The van der Waals surface area contributed by atoms with Gasteiger partial charge in [0.1, 0.15) is 11.6 Å². The van der Waals surface area contributed by atoms with Crippen LogP contribution < -0.4 is 9.64 Å². The quantitative estimate of drug-likeness (QED) is 0.801. The molecule has 1 heterocycles. The molecule has 1 saturated heterocycles. The number of methoxy groups -OCH3 is 1. The van der Waals surface area contributed by atoms with Crippen molar-refractivity contribution in [1.82, 2.24) is 4.90 Å². The zero-order valence-corrected chi connectivity index (χ0v) is 16.4. The summed E-state index contributed by atoms with van der Waals surface area (Å²) in [5.41, 5.74) is 1.61. The highest BCUT2D eigenvalue weighted by molar-refractivity contribution is 5.89. The van der Waals surface area contributed by atoms with E-state index in [4.69, 9.17) is 4.74 Å². The smallest absolute Gasteiger partial charge is 0.233 e. The number of amides is 1. The minimum Gasteiger partial charge on any atom is -0.497 e. The van der Waals surface area contributed by atoms with Crippen molar-refractivity contribution >= 4 is 11.6 Å². The fraction of sp³-hybridized carbons (Fsp3) is 0.435. The van der Waals surface area contributed by atoms with Crippen LogP contribution in [-0.2, 0) is 10.2 Å². The summed E-state index contributed by atoms with van der Waals surface area (Å²) < 4.78 is 18.7. The Morgan fingerprint density at radius 3 is 2.32 bits per heavy atom. The minimum atomic E-state index is -0.480. The third-order valence-corrected chi connectivity index (χ3v) is 6.25. The SMILES string of the molecule is COc1cccc(N2CCN(C(=O)C3(c4ccc(F)cc4)CCCC3)CC2)c1. The Morgan fingerprint density at radius 2 is 1.68 bits per heavy atom. The molecule has 148 valence electrons. The van der Waals surface area contributed by atoms with Crippen molar-refractivity contribution in [3.8, 4) is 5.75 Å². The fourth-order valence-electron chi connectivity index (χ4n) is 4.65.